The molecule has 17 heavy (non-hydrogen) atoms. The van der Waals surface area contributed by atoms with E-state index in [2.05, 4.69) is 0 Å². The van der Waals surface area contributed by atoms with Gasteiger partial charge in [-0.25, -0.2) is 13.2 Å². The zero-order valence-corrected chi connectivity index (χ0v) is 9.81. The molecular formula is C9H12F6OS. The minimum absolute atomic E-state index is 0.311. The van der Waals surface area contributed by atoms with E-state index in [-0.39, 0.29) is 5.75 Å². The Kier molecular flexibility index (Phi) is 6.36. The number of rotatable bonds is 6. The van der Waals surface area contributed by atoms with Crippen LogP contribution in [0.4, 0.5) is 26.3 Å². The van der Waals surface area contributed by atoms with Gasteiger partial charge in [-0.1, -0.05) is 11.8 Å². The molecule has 0 aromatic heterocycles. The Morgan fingerprint density at radius 1 is 1.18 bits per heavy atom. The molecule has 0 aliphatic carbocycles. The zero-order valence-electron chi connectivity index (χ0n) is 8.99. The average molecular weight is 282 g/mol. The van der Waals surface area contributed by atoms with E-state index in [4.69, 9.17) is 0 Å². The maximum atomic E-state index is 13.0. The van der Waals surface area contributed by atoms with Crippen molar-refractivity contribution in [1.29, 1.82) is 0 Å². The largest absolute Gasteiger partial charge is 0.389 e. The monoisotopic (exact) mass is 282 g/mol. The van der Waals surface area contributed by atoms with Gasteiger partial charge < -0.3 is 0 Å². The Morgan fingerprint density at radius 2 is 1.71 bits per heavy atom. The fourth-order valence-electron chi connectivity index (χ4n) is 0.989. The summed E-state index contributed by atoms with van der Waals surface area (Å²) in [6.45, 7) is 1.17. The van der Waals surface area contributed by atoms with Crippen molar-refractivity contribution in [3.63, 3.8) is 0 Å². The van der Waals surface area contributed by atoms with Crippen molar-refractivity contribution in [1.82, 2.24) is 0 Å². The van der Waals surface area contributed by atoms with Gasteiger partial charge in [0.15, 0.2) is 11.3 Å². The molecule has 0 saturated carbocycles. The molecule has 0 N–H and O–H groups in total. The molecule has 1 nitrogen and oxygen atoms in total. The highest BCUT2D eigenvalue weighted by atomic mass is 32.2. The molecule has 0 spiro atoms. The molecule has 0 saturated heterocycles. The van der Waals surface area contributed by atoms with Crippen LogP contribution in [0.15, 0.2) is 0 Å². The third kappa shape index (κ3) is 8.34. The quantitative estimate of drug-likeness (QED) is 0.686. The van der Waals surface area contributed by atoms with Crippen LogP contribution < -0.4 is 0 Å². The van der Waals surface area contributed by atoms with Crippen molar-refractivity contribution >= 4 is 16.9 Å². The number of alkyl halides is 6. The van der Waals surface area contributed by atoms with Crippen LogP contribution in [0.3, 0.4) is 0 Å². The zero-order chi connectivity index (χ0) is 13.7. The van der Waals surface area contributed by atoms with Crippen LogP contribution in [0, 0.1) is 0 Å². The third-order valence-electron chi connectivity index (χ3n) is 1.88. The molecule has 0 radical (unpaired) electrons. The molecule has 0 fully saturated rings. The Hall–Kier alpha value is -0.400. The summed E-state index contributed by atoms with van der Waals surface area (Å²) in [4.78, 5) is 10.4. The number of carbonyl (C=O) groups excluding carboxylic acids is 1. The first-order valence-electron chi connectivity index (χ1n) is 4.76. The molecule has 8 heteroatoms. The highest BCUT2D eigenvalue weighted by Crippen LogP contribution is 2.33. The molecule has 0 aromatic carbocycles. The van der Waals surface area contributed by atoms with Crippen LogP contribution in [0.25, 0.3) is 0 Å². The second kappa shape index (κ2) is 6.51. The predicted molar refractivity (Wildman–Crippen MR) is 52.9 cm³/mol. The smallest absolute Gasteiger partial charge is 0.288 e. The van der Waals surface area contributed by atoms with Gasteiger partial charge in [0.25, 0.3) is 5.92 Å². The molecule has 0 aromatic rings. The van der Waals surface area contributed by atoms with Crippen LogP contribution in [0.1, 0.15) is 26.2 Å². The number of halogens is 6. The fraction of sp³-hybridized carbons (Fsp3) is 0.889. The second-order valence-corrected chi connectivity index (χ2v) is 4.74. The number of carbonyl (C=O) groups is 1. The van der Waals surface area contributed by atoms with Crippen LogP contribution in [-0.2, 0) is 4.79 Å². The van der Waals surface area contributed by atoms with Crippen LogP contribution in [0.2, 0.25) is 0 Å². The van der Waals surface area contributed by atoms with E-state index in [0.29, 0.717) is 11.8 Å². The summed E-state index contributed by atoms with van der Waals surface area (Å²) < 4.78 is 73.9. The lowest BCUT2D eigenvalue weighted by molar-refractivity contribution is -0.148. The molecular weight excluding hydrogens is 270 g/mol. The van der Waals surface area contributed by atoms with Crippen molar-refractivity contribution in [3.8, 4) is 0 Å². The lowest BCUT2D eigenvalue weighted by Gasteiger charge is -2.20. The van der Waals surface area contributed by atoms with Gasteiger partial charge in [-0.05, 0) is 6.42 Å². The summed E-state index contributed by atoms with van der Waals surface area (Å²) in [5.74, 6) is -4.14. The Balaban J connectivity index is 4.06. The minimum Gasteiger partial charge on any atom is -0.288 e. The minimum atomic E-state index is -4.64. The number of hydrogen-bond donors (Lipinski definition) is 0. The van der Waals surface area contributed by atoms with E-state index in [1.807, 2.05) is 0 Å². The summed E-state index contributed by atoms with van der Waals surface area (Å²) in [6.07, 6.45) is -11.3. The topological polar surface area (TPSA) is 17.1 Å². The van der Waals surface area contributed by atoms with Gasteiger partial charge in [0.2, 0.25) is 0 Å². The fourth-order valence-corrected chi connectivity index (χ4v) is 1.65. The normalized spacial score (nSPS) is 14.8. The number of hydrogen-bond acceptors (Lipinski definition) is 2. The average Bonchev–Trinajstić information content (AvgIpc) is 2.11. The lowest BCUT2D eigenvalue weighted by Crippen LogP contribution is -2.32. The summed E-state index contributed by atoms with van der Waals surface area (Å²) in [7, 11) is 0. The van der Waals surface area contributed by atoms with Crippen LogP contribution in [-0.4, -0.2) is 29.1 Å². The summed E-state index contributed by atoms with van der Waals surface area (Å²) in [5, 5.41) is -0.397. The van der Waals surface area contributed by atoms with Gasteiger partial charge in [0.1, 0.15) is 0 Å². The van der Waals surface area contributed by atoms with Crippen LogP contribution in [0.5, 0.6) is 0 Å². The SMILES string of the molecule is CC(=O)SCCC(F)(F)C(F)CCC(F)(F)F. The van der Waals surface area contributed by atoms with E-state index >= 15 is 0 Å². The van der Waals surface area contributed by atoms with E-state index in [0.717, 1.165) is 0 Å². The first-order valence-corrected chi connectivity index (χ1v) is 5.75. The molecule has 0 aliphatic rings. The van der Waals surface area contributed by atoms with E-state index in [9.17, 15) is 31.1 Å². The van der Waals surface area contributed by atoms with E-state index in [1.54, 1.807) is 0 Å². The predicted octanol–water partition coefficient (Wildman–Crippen LogP) is 3.97. The van der Waals surface area contributed by atoms with Gasteiger partial charge in [-0.2, -0.15) is 13.2 Å². The van der Waals surface area contributed by atoms with Gasteiger partial charge in [-0.3, -0.25) is 4.79 Å². The Bertz CT molecular complexity index is 252. The summed E-state index contributed by atoms with van der Waals surface area (Å²) in [5.41, 5.74) is 0. The summed E-state index contributed by atoms with van der Waals surface area (Å²) >= 11 is 0.591. The van der Waals surface area contributed by atoms with Gasteiger partial charge in [0.05, 0.1) is 0 Å². The highest BCUT2D eigenvalue weighted by Gasteiger charge is 2.41. The first-order chi connectivity index (χ1) is 7.54. The molecule has 102 valence electrons. The Morgan fingerprint density at radius 3 is 2.12 bits per heavy atom. The highest BCUT2D eigenvalue weighted by molar-refractivity contribution is 8.13. The maximum absolute atomic E-state index is 13.0. The van der Waals surface area contributed by atoms with Gasteiger partial charge >= 0.3 is 6.18 Å². The number of thioether (sulfide) groups is 1. The molecule has 0 heterocycles. The molecule has 1 unspecified atom stereocenters. The third-order valence-corrected chi connectivity index (χ3v) is 2.70. The van der Waals surface area contributed by atoms with Crippen molar-refractivity contribution < 1.29 is 31.1 Å². The molecule has 0 amide bonds. The van der Waals surface area contributed by atoms with Crippen molar-refractivity contribution in [2.45, 2.75) is 44.5 Å². The van der Waals surface area contributed by atoms with Crippen molar-refractivity contribution in [2.24, 2.45) is 0 Å². The lowest BCUT2D eigenvalue weighted by atomic mass is 10.1. The molecule has 0 bridgehead atoms. The molecule has 0 rings (SSSR count). The second-order valence-electron chi connectivity index (χ2n) is 3.47. The molecule has 0 aliphatic heterocycles. The maximum Gasteiger partial charge on any atom is 0.389 e. The summed E-state index contributed by atoms with van der Waals surface area (Å²) in [6, 6.07) is 0. The van der Waals surface area contributed by atoms with Gasteiger partial charge in [-0.15, -0.1) is 0 Å². The Labute approximate surface area is 98.9 Å². The van der Waals surface area contributed by atoms with E-state index < -0.39 is 42.6 Å². The van der Waals surface area contributed by atoms with Crippen LogP contribution >= 0.6 is 11.8 Å². The first kappa shape index (κ1) is 16.6. The van der Waals surface area contributed by atoms with Crippen molar-refractivity contribution in [2.75, 3.05) is 5.75 Å². The standard InChI is InChI=1S/C9H12F6OS/c1-6(16)17-5-4-8(11,12)7(10)2-3-9(13,14)15/h7H,2-5H2,1H3. The van der Waals surface area contributed by atoms with E-state index in [1.165, 1.54) is 6.92 Å². The van der Waals surface area contributed by atoms with Gasteiger partial charge in [0, 0.05) is 25.5 Å². The van der Waals surface area contributed by atoms with Crippen molar-refractivity contribution in [3.05, 3.63) is 0 Å². The molecule has 1 atom stereocenters.